The number of halogens is 1. The highest BCUT2D eigenvalue weighted by Crippen LogP contribution is 2.24. The molecule has 0 heterocycles. The lowest BCUT2D eigenvalue weighted by molar-refractivity contribution is 0.416. The van der Waals surface area contributed by atoms with Crippen LogP contribution in [-0.4, -0.2) is 13.7 Å². The second kappa shape index (κ2) is 5.23. The van der Waals surface area contributed by atoms with Crippen LogP contribution in [0.5, 0.6) is 5.75 Å². The van der Waals surface area contributed by atoms with Gasteiger partial charge in [-0.05, 0) is 0 Å². The molecule has 80 valence electrons. The Hall–Kier alpha value is -1.73. The molecule has 0 aliphatic heterocycles. The number of rotatable bonds is 2. The molecule has 0 aliphatic carbocycles. The second-order valence-electron chi connectivity index (χ2n) is 2.91. The van der Waals surface area contributed by atoms with Crippen molar-refractivity contribution in [1.29, 1.82) is 0 Å². The minimum Gasteiger partial charge on any atom is -0.495 e. The molecule has 0 bridgehead atoms. The van der Waals surface area contributed by atoms with Crippen molar-refractivity contribution in [3.05, 3.63) is 23.5 Å². The molecule has 0 atom stereocenters. The lowest BCUT2D eigenvalue weighted by Gasteiger charge is -2.05. The summed E-state index contributed by atoms with van der Waals surface area (Å²) in [5.74, 6) is 5.40. The summed E-state index contributed by atoms with van der Waals surface area (Å²) in [6.07, 6.45) is 0.534. The summed E-state index contributed by atoms with van der Waals surface area (Å²) >= 11 is 0. The van der Waals surface area contributed by atoms with Gasteiger partial charge in [0, 0.05) is 25.1 Å². The van der Waals surface area contributed by atoms with Gasteiger partial charge in [0.15, 0.2) is 0 Å². The maximum atomic E-state index is 13.3. The molecule has 0 amide bonds. The zero-order chi connectivity index (χ0) is 11.3. The van der Waals surface area contributed by atoms with Crippen LogP contribution in [0.25, 0.3) is 0 Å². The van der Waals surface area contributed by atoms with Gasteiger partial charge in [0.05, 0.1) is 18.4 Å². The number of nitrogen functional groups attached to an aromatic ring is 1. The van der Waals surface area contributed by atoms with E-state index < -0.39 is 5.82 Å². The molecule has 0 radical (unpaired) electrons. The predicted octanol–water partition coefficient (Wildman–Crippen LogP) is 1.12. The SMILES string of the molecule is COc1cc(C#CCCN)c(F)cc1N. The van der Waals surface area contributed by atoms with Crippen LogP contribution < -0.4 is 16.2 Å². The monoisotopic (exact) mass is 208 g/mol. The van der Waals surface area contributed by atoms with E-state index in [2.05, 4.69) is 11.8 Å². The van der Waals surface area contributed by atoms with Gasteiger partial charge in [-0.1, -0.05) is 11.8 Å². The lowest BCUT2D eigenvalue weighted by Crippen LogP contribution is -1.97. The normalized spacial score (nSPS) is 9.27. The molecular weight excluding hydrogens is 195 g/mol. The van der Waals surface area contributed by atoms with E-state index in [0.29, 0.717) is 18.7 Å². The Morgan fingerprint density at radius 1 is 1.47 bits per heavy atom. The van der Waals surface area contributed by atoms with Gasteiger partial charge in [-0.25, -0.2) is 4.39 Å². The fraction of sp³-hybridized carbons (Fsp3) is 0.273. The van der Waals surface area contributed by atoms with E-state index in [1.54, 1.807) is 0 Å². The summed E-state index contributed by atoms with van der Waals surface area (Å²) in [6.45, 7) is 0.459. The highest BCUT2D eigenvalue weighted by atomic mass is 19.1. The third kappa shape index (κ3) is 2.86. The van der Waals surface area contributed by atoms with Gasteiger partial charge in [0.2, 0.25) is 0 Å². The number of hydrogen-bond acceptors (Lipinski definition) is 3. The molecule has 15 heavy (non-hydrogen) atoms. The van der Waals surface area contributed by atoms with Crippen LogP contribution in [-0.2, 0) is 0 Å². The van der Waals surface area contributed by atoms with Crippen molar-refractivity contribution < 1.29 is 9.13 Å². The summed E-state index contributed by atoms with van der Waals surface area (Å²) in [7, 11) is 1.47. The Labute approximate surface area is 88.2 Å². The van der Waals surface area contributed by atoms with Crippen LogP contribution in [0, 0.1) is 17.7 Å². The molecule has 3 nitrogen and oxygen atoms in total. The summed E-state index contributed by atoms with van der Waals surface area (Å²) in [4.78, 5) is 0. The second-order valence-corrected chi connectivity index (χ2v) is 2.91. The van der Waals surface area contributed by atoms with E-state index >= 15 is 0 Å². The van der Waals surface area contributed by atoms with Crippen LogP contribution in [0.1, 0.15) is 12.0 Å². The molecule has 0 unspecified atom stereocenters. The molecule has 4 heteroatoms. The summed E-state index contributed by atoms with van der Waals surface area (Å²) in [6, 6.07) is 2.68. The number of hydrogen-bond donors (Lipinski definition) is 2. The maximum Gasteiger partial charge on any atom is 0.143 e. The van der Waals surface area contributed by atoms with Crippen LogP contribution in [0.2, 0.25) is 0 Å². The Morgan fingerprint density at radius 3 is 2.80 bits per heavy atom. The molecule has 0 aromatic heterocycles. The first-order chi connectivity index (χ1) is 7.19. The van der Waals surface area contributed by atoms with Gasteiger partial charge >= 0.3 is 0 Å². The lowest BCUT2D eigenvalue weighted by atomic mass is 10.1. The quantitative estimate of drug-likeness (QED) is 0.565. The number of anilines is 1. The van der Waals surface area contributed by atoms with Gasteiger partial charge in [-0.15, -0.1) is 0 Å². The smallest absolute Gasteiger partial charge is 0.143 e. The summed E-state index contributed by atoms with van der Waals surface area (Å²) in [5, 5.41) is 0. The van der Waals surface area contributed by atoms with Gasteiger partial charge in [0.25, 0.3) is 0 Å². The minimum atomic E-state index is -0.446. The molecule has 1 aromatic carbocycles. The van der Waals surface area contributed by atoms with Crippen molar-refractivity contribution in [3.8, 4) is 17.6 Å². The zero-order valence-electron chi connectivity index (χ0n) is 8.51. The van der Waals surface area contributed by atoms with Crippen molar-refractivity contribution in [3.63, 3.8) is 0 Å². The molecule has 1 rings (SSSR count). The van der Waals surface area contributed by atoms with Gasteiger partial charge in [-0.3, -0.25) is 0 Å². The number of benzene rings is 1. The Kier molecular flexibility index (Phi) is 3.95. The van der Waals surface area contributed by atoms with E-state index in [4.69, 9.17) is 16.2 Å². The highest BCUT2D eigenvalue weighted by molar-refractivity contribution is 5.57. The van der Waals surface area contributed by atoms with E-state index in [-0.39, 0.29) is 11.3 Å². The Morgan fingerprint density at radius 2 is 2.20 bits per heavy atom. The van der Waals surface area contributed by atoms with Crippen LogP contribution in [0.15, 0.2) is 12.1 Å². The molecule has 4 N–H and O–H groups in total. The summed E-state index contributed by atoms with van der Waals surface area (Å²) < 4.78 is 18.3. The zero-order valence-corrected chi connectivity index (χ0v) is 8.51. The fourth-order valence-corrected chi connectivity index (χ4v) is 1.07. The average molecular weight is 208 g/mol. The topological polar surface area (TPSA) is 61.3 Å². The molecule has 1 aromatic rings. The highest BCUT2D eigenvalue weighted by Gasteiger charge is 2.05. The number of methoxy groups -OCH3 is 1. The van der Waals surface area contributed by atoms with Crippen molar-refractivity contribution >= 4 is 5.69 Å². The minimum absolute atomic E-state index is 0.263. The number of ether oxygens (including phenoxy) is 1. The third-order valence-electron chi connectivity index (χ3n) is 1.81. The van der Waals surface area contributed by atoms with Crippen LogP contribution >= 0.6 is 0 Å². The van der Waals surface area contributed by atoms with E-state index in [1.807, 2.05) is 0 Å². The number of nitrogens with two attached hydrogens (primary N) is 2. The molecule has 0 spiro atoms. The van der Waals surface area contributed by atoms with Crippen LogP contribution in [0.4, 0.5) is 10.1 Å². The first kappa shape index (κ1) is 11.3. The maximum absolute atomic E-state index is 13.3. The van der Waals surface area contributed by atoms with Crippen molar-refractivity contribution in [2.24, 2.45) is 5.73 Å². The van der Waals surface area contributed by atoms with Crippen LogP contribution in [0.3, 0.4) is 0 Å². The molecule has 0 saturated heterocycles. The fourth-order valence-electron chi connectivity index (χ4n) is 1.07. The van der Waals surface area contributed by atoms with E-state index in [9.17, 15) is 4.39 Å². The molecule has 0 saturated carbocycles. The third-order valence-corrected chi connectivity index (χ3v) is 1.81. The van der Waals surface area contributed by atoms with Crippen molar-refractivity contribution in [1.82, 2.24) is 0 Å². The van der Waals surface area contributed by atoms with Gasteiger partial charge in [0.1, 0.15) is 11.6 Å². The Balaban J connectivity index is 3.04. The Bertz CT molecular complexity index is 407. The predicted molar refractivity (Wildman–Crippen MR) is 57.9 cm³/mol. The average Bonchev–Trinajstić information content (AvgIpc) is 2.21. The first-order valence-corrected chi connectivity index (χ1v) is 4.51. The van der Waals surface area contributed by atoms with E-state index in [0.717, 1.165) is 0 Å². The van der Waals surface area contributed by atoms with E-state index in [1.165, 1.54) is 19.2 Å². The molecule has 0 aliphatic rings. The first-order valence-electron chi connectivity index (χ1n) is 4.51. The standard InChI is InChI=1S/C11H13FN2O/c1-15-11-6-8(4-2-3-5-13)9(12)7-10(11)14/h6-7H,3,5,13-14H2,1H3. The van der Waals surface area contributed by atoms with Crippen molar-refractivity contribution in [2.45, 2.75) is 6.42 Å². The summed E-state index contributed by atoms with van der Waals surface area (Å²) in [5.41, 5.74) is 11.3. The van der Waals surface area contributed by atoms with Gasteiger partial charge < -0.3 is 16.2 Å². The molecule has 0 fully saturated rings. The van der Waals surface area contributed by atoms with Gasteiger partial charge in [-0.2, -0.15) is 0 Å². The molecular formula is C11H13FN2O. The largest absolute Gasteiger partial charge is 0.495 e. The van der Waals surface area contributed by atoms with Crippen molar-refractivity contribution in [2.75, 3.05) is 19.4 Å².